The van der Waals surface area contributed by atoms with Crippen LogP contribution in [0.5, 0.6) is 0 Å². The van der Waals surface area contributed by atoms with Gasteiger partial charge in [-0.1, -0.05) is 6.92 Å². The topological polar surface area (TPSA) is 64.3 Å². The molecule has 0 saturated carbocycles. The summed E-state index contributed by atoms with van der Waals surface area (Å²) in [7, 11) is 1.64. The van der Waals surface area contributed by atoms with Gasteiger partial charge < -0.3 is 15.8 Å². The number of nitrogens with one attached hydrogen (secondary N) is 1. The first kappa shape index (κ1) is 13.4. The average Bonchev–Trinajstić information content (AvgIpc) is 2.17. The van der Waals surface area contributed by atoms with Gasteiger partial charge in [0.25, 0.3) is 0 Å². The Bertz CT molecular complexity index is 151. The molecule has 14 heavy (non-hydrogen) atoms. The Morgan fingerprint density at radius 1 is 1.50 bits per heavy atom. The largest absolute Gasteiger partial charge is 0.383 e. The number of hydrogen-bond donors (Lipinski definition) is 2. The predicted molar refractivity (Wildman–Crippen MR) is 57.0 cm³/mol. The molecule has 0 aliphatic rings. The third-order valence-electron chi connectivity index (χ3n) is 2.08. The molecule has 0 fully saturated rings. The molecule has 0 saturated heterocycles. The molecule has 0 aliphatic heterocycles. The molecule has 0 radical (unpaired) electrons. The number of rotatable bonds is 8. The fourth-order valence-corrected chi connectivity index (χ4v) is 1.19. The summed E-state index contributed by atoms with van der Waals surface area (Å²) in [5, 5.41) is 2.92. The Morgan fingerprint density at radius 3 is 2.71 bits per heavy atom. The van der Waals surface area contributed by atoms with Crippen LogP contribution in [-0.4, -0.2) is 32.2 Å². The average molecular weight is 202 g/mol. The molecule has 0 bridgehead atoms. The van der Waals surface area contributed by atoms with Crippen molar-refractivity contribution in [3.8, 4) is 0 Å². The van der Waals surface area contributed by atoms with E-state index in [0.717, 1.165) is 19.3 Å². The van der Waals surface area contributed by atoms with Crippen molar-refractivity contribution in [1.82, 2.24) is 5.32 Å². The highest BCUT2D eigenvalue weighted by molar-refractivity contribution is 5.76. The molecule has 0 heterocycles. The quantitative estimate of drug-likeness (QED) is 0.568. The van der Waals surface area contributed by atoms with Crippen LogP contribution in [0, 0.1) is 0 Å². The molecule has 4 nitrogen and oxygen atoms in total. The summed E-state index contributed by atoms with van der Waals surface area (Å²) in [6.45, 7) is 3.27. The second-order valence-electron chi connectivity index (χ2n) is 3.37. The zero-order chi connectivity index (χ0) is 10.8. The minimum Gasteiger partial charge on any atom is -0.383 e. The van der Waals surface area contributed by atoms with Crippen LogP contribution in [0.3, 0.4) is 0 Å². The molecule has 84 valence electrons. The minimum atomic E-state index is 0.0994. The molecular formula is C10H22N2O2. The van der Waals surface area contributed by atoms with Gasteiger partial charge in [0, 0.05) is 13.5 Å². The van der Waals surface area contributed by atoms with E-state index in [1.54, 1.807) is 7.11 Å². The van der Waals surface area contributed by atoms with E-state index in [-0.39, 0.29) is 11.9 Å². The number of carbonyl (C=O) groups excluding carboxylic acids is 1. The van der Waals surface area contributed by atoms with E-state index in [2.05, 4.69) is 5.32 Å². The smallest absolute Gasteiger partial charge is 0.220 e. The number of hydrogen-bond acceptors (Lipinski definition) is 3. The lowest BCUT2D eigenvalue weighted by atomic mass is 10.2. The second kappa shape index (κ2) is 8.97. The van der Waals surface area contributed by atoms with Crippen molar-refractivity contribution in [3.63, 3.8) is 0 Å². The summed E-state index contributed by atoms with van der Waals surface area (Å²) >= 11 is 0. The third-order valence-corrected chi connectivity index (χ3v) is 2.08. The van der Waals surface area contributed by atoms with Crippen LogP contribution in [0.25, 0.3) is 0 Å². The van der Waals surface area contributed by atoms with E-state index < -0.39 is 0 Å². The van der Waals surface area contributed by atoms with Crippen LogP contribution in [0.1, 0.15) is 32.6 Å². The normalized spacial score (nSPS) is 12.5. The third kappa shape index (κ3) is 6.86. The van der Waals surface area contributed by atoms with Crippen LogP contribution in [0.15, 0.2) is 0 Å². The van der Waals surface area contributed by atoms with Gasteiger partial charge in [-0.2, -0.15) is 0 Å². The van der Waals surface area contributed by atoms with Gasteiger partial charge in [-0.3, -0.25) is 4.79 Å². The maximum atomic E-state index is 11.4. The predicted octanol–water partition coefficient (Wildman–Crippen LogP) is 0.657. The summed E-state index contributed by atoms with van der Waals surface area (Å²) in [5.41, 5.74) is 5.34. The Labute approximate surface area is 86.2 Å². The van der Waals surface area contributed by atoms with E-state index in [1.807, 2.05) is 6.92 Å². The first-order valence-corrected chi connectivity index (χ1v) is 5.23. The first-order valence-electron chi connectivity index (χ1n) is 5.23. The van der Waals surface area contributed by atoms with Crippen molar-refractivity contribution in [2.24, 2.45) is 5.73 Å². The summed E-state index contributed by atoms with van der Waals surface area (Å²) in [6, 6.07) is 0.144. The number of unbranched alkanes of at least 4 members (excludes halogenated alkanes) is 1. The zero-order valence-corrected chi connectivity index (χ0v) is 9.21. The lowest BCUT2D eigenvalue weighted by Gasteiger charge is -2.15. The van der Waals surface area contributed by atoms with E-state index in [0.29, 0.717) is 19.6 Å². The Morgan fingerprint density at radius 2 is 2.21 bits per heavy atom. The lowest BCUT2D eigenvalue weighted by Crippen LogP contribution is -2.37. The molecule has 3 N–H and O–H groups in total. The fourth-order valence-electron chi connectivity index (χ4n) is 1.19. The van der Waals surface area contributed by atoms with Gasteiger partial charge in [-0.25, -0.2) is 0 Å². The molecule has 0 aliphatic carbocycles. The zero-order valence-electron chi connectivity index (χ0n) is 9.21. The van der Waals surface area contributed by atoms with Gasteiger partial charge in [-0.05, 0) is 25.8 Å². The highest BCUT2D eigenvalue weighted by Gasteiger charge is 2.08. The maximum Gasteiger partial charge on any atom is 0.220 e. The summed E-state index contributed by atoms with van der Waals surface area (Å²) in [4.78, 5) is 11.4. The first-order chi connectivity index (χ1) is 6.74. The highest BCUT2D eigenvalue weighted by Crippen LogP contribution is 1.96. The molecule has 0 aromatic heterocycles. The van der Waals surface area contributed by atoms with Gasteiger partial charge in [0.1, 0.15) is 0 Å². The van der Waals surface area contributed by atoms with E-state index >= 15 is 0 Å². The van der Waals surface area contributed by atoms with Crippen molar-refractivity contribution in [3.05, 3.63) is 0 Å². The Hall–Kier alpha value is -0.610. The molecule has 1 unspecified atom stereocenters. The summed E-state index contributed by atoms with van der Waals surface area (Å²) < 4.78 is 4.99. The van der Waals surface area contributed by atoms with E-state index in [4.69, 9.17) is 10.5 Å². The molecular weight excluding hydrogens is 180 g/mol. The number of carbonyl (C=O) groups is 1. The van der Waals surface area contributed by atoms with Crippen molar-refractivity contribution in [1.29, 1.82) is 0 Å². The van der Waals surface area contributed by atoms with Crippen LogP contribution in [-0.2, 0) is 9.53 Å². The van der Waals surface area contributed by atoms with Gasteiger partial charge in [0.15, 0.2) is 0 Å². The van der Waals surface area contributed by atoms with Crippen molar-refractivity contribution < 1.29 is 9.53 Å². The van der Waals surface area contributed by atoms with Crippen LogP contribution >= 0.6 is 0 Å². The van der Waals surface area contributed by atoms with Gasteiger partial charge in [0.2, 0.25) is 5.91 Å². The Kier molecular flexibility index (Phi) is 8.57. The standard InChI is InChI=1S/C10H22N2O2/c1-3-9(8-14-2)12-10(13)6-4-5-7-11/h9H,3-8,11H2,1-2H3,(H,12,13). The highest BCUT2D eigenvalue weighted by atomic mass is 16.5. The Balaban J connectivity index is 3.56. The van der Waals surface area contributed by atoms with Gasteiger partial charge >= 0.3 is 0 Å². The van der Waals surface area contributed by atoms with E-state index in [1.165, 1.54) is 0 Å². The van der Waals surface area contributed by atoms with Crippen molar-refractivity contribution in [2.75, 3.05) is 20.3 Å². The molecule has 1 atom stereocenters. The van der Waals surface area contributed by atoms with Gasteiger partial charge in [-0.15, -0.1) is 0 Å². The van der Waals surface area contributed by atoms with Crippen molar-refractivity contribution >= 4 is 5.91 Å². The second-order valence-corrected chi connectivity index (χ2v) is 3.37. The lowest BCUT2D eigenvalue weighted by molar-refractivity contribution is -0.122. The van der Waals surface area contributed by atoms with Gasteiger partial charge in [0.05, 0.1) is 12.6 Å². The summed E-state index contributed by atoms with van der Waals surface area (Å²) in [6.07, 6.45) is 3.24. The van der Waals surface area contributed by atoms with Crippen molar-refractivity contribution in [2.45, 2.75) is 38.6 Å². The minimum absolute atomic E-state index is 0.0994. The number of amides is 1. The number of ether oxygens (including phenoxy) is 1. The van der Waals surface area contributed by atoms with E-state index in [9.17, 15) is 4.79 Å². The van der Waals surface area contributed by atoms with Crippen LogP contribution in [0.2, 0.25) is 0 Å². The number of methoxy groups -OCH3 is 1. The molecule has 0 aromatic rings. The molecule has 0 rings (SSSR count). The summed E-state index contributed by atoms with van der Waals surface area (Å²) in [5.74, 6) is 0.0994. The fraction of sp³-hybridized carbons (Fsp3) is 0.900. The van der Waals surface area contributed by atoms with Crippen LogP contribution < -0.4 is 11.1 Å². The molecule has 4 heteroatoms. The number of nitrogens with two attached hydrogens (primary N) is 1. The SMILES string of the molecule is CCC(COC)NC(=O)CCCCN. The molecule has 0 aromatic carbocycles. The molecule has 1 amide bonds. The monoisotopic (exact) mass is 202 g/mol. The van der Waals surface area contributed by atoms with Crippen LogP contribution in [0.4, 0.5) is 0 Å². The molecule has 0 spiro atoms. The maximum absolute atomic E-state index is 11.4.